The summed E-state index contributed by atoms with van der Waals surface area (Å²) >= 11 is 0. The molecule has 0 saturated carbocycles. The minimum atomic E-state index is 0.531. The van der Waals surface area contributed by atoms with E-state index in [2.05, 4.69) is 144 Å². The van der Waals surface area contributed by atoms with Gasteiger partial charge in [0.25, 0.3) is 0 Å². The minimum Gasteiger partial charge on any atom is -0.456 e. The van der Waals surface area contributed by atoms with Gasteiger partial charge in [-0.05, 0) is 77.4 Å². The van der Waals surface area contributed by atoms with Gasteiger partial charge in [-0.3, -0.25) is 0 Å². The Bertz CT molecular complexity index is 3900. The summed E-state index contributed by atoms with van der Waals surface area (Å²) in [5, 5.41) is 6.54. The summed E-state index contributed by atoms with van der Waals surface area (Å²) in [6.45, 7) is 0. The van der Waals surface area contributed by atoms with E-state index < -0.39 is 0 Å². The normalized spacial score (nSPS) is 11.8. The largest absolute Gasteiger partial charge is 0.456 e. The average Bonchev–Trinajstić information content (AvgIpc) is 4.03. The molecule has 0 spiro atoms. The molecule has 0 radical (unpaired) electrons. The number of benzene rings is 9. The van der Waals surface area contributed by atoms with Gasteiger partial charge < -0.3 is 13.4 Å². The van der Waals surface area contributed by atoms with Gasteiger partial charge in [-0.15, -0.1) is 0 Å². The molecule has 4 heterocycles. The lowest BCUT2D eigenvalue weighted by molar-refractivity contribution is 0.668. The van der Waals surface area contributed by atoms with Crippen LogP contribution >= 0.6 is 0 Å². The molecule has 4 aromatic heterocycles. The van der Waals surface area contributed by atoms with Crippen LogP contribution in [0.5, 0.6) is 0 Å². The molecule has 0 N–H and O–H groups in total. The monoisotopic (exact) mass is 806 g/mol. The Morgan fingerprint density at radius 3 is 1.68 bits per heavy atom. The number of nitrogens with zero attached hydrogens (tertiary/aromatic N) is 4. The lowest BCUT2D eigenvalue weighted by atomic mass is 9.99. The molecule has 0 saturated heterocycles. The number of rotatable bonds is 6. The molecule has 63 heavy (non-hydrogen) atoms. The molecule has 0 unspecified atom stereocenters. The molecule has 6 nitrogen and oxygen atoms in total. The van der Waals surface area contributed by atoms with Crippen LogP contribution in [0.2, 0.25) is 0 Å². The second kappa shape index (κ2) is 14.0. The van der Waals surface area contributed by atoms with Gasteiger partial charge in [0.05, 0.1) is 16.6 Å². The highest BCUT2D eigenvalue weighted by molar-refractivity contribution is 6.15. The molecule has 6 heteroatoms. The van der Waals surface area contributed by atoms with Gasteiger partial charge in [0.2, 0.25) is 0 Å². The van der Waals surface area contributed by atoms with E-state index in [1.54, 1.807) is 0 Å². The summed E-state index contributed by atoms with van der Waals surface area (Å²) in [5.41, 5.74) is 13.7. The summed E-state index contributed by atoms with van der Waals surface area (Å²) in [7, 11) is 0. The molecule has 0 fully saturated rings. The van der Waals surface area contributed by atoms with Crippen LogP contribution in [0.15, 0.2) is 215 Å². The van der Waals surface area contributed by atoms with Crippen LogP contribution in [0.4, 0.5) is 0 Å². The maximum absolute atomic E-state index is 6.85. The Hall–Kier alpha value is -8.61. The smallest absolute Gasteiger partial charge is 0.167 e. The molecule has 13 aromatic rings. The zero-order valence-corrected chi connectivity index (χ0v) is 33.7. The summed E-state index contributed by atoms with van der Waals surface area (Å²) in [5.74, 6) is 1.66. The summed E-state index contributed by atoms with van der Waals surface area (Å²) in [6, 6.07) is 71.7. The quantitative estimate of drug-likeness (QED) is 0.167. The van der Waals surface area contributed by atoms with E-state index in [0.717, 1.165) is 82.9 Å². The Kier molecular flexibility index (Phi) is 7.80. The number of para-hydroxylation sites is 4. The lowest BCUT2D eigenvalue weighted by Gasteiger charge is -2.11. The van der Waals surface area contributed by atoms with Crippen molar-refractivity contribution in [2.45, 2.75) is 0 Å². The first-order valence-electron chi connectivity index (χ1n) is 21.1. The fraction of sp³-hybridized carbons (Fsp3) is 0. The highest BCUT2D eigenvalue weighted by Gasteiger charge is 2.21. The topological polar surface area (TPSA) is 69.9 Å². The van der Waals surface area contributed by atoms with Crippen molar-refractivity contribution < 1.29 is 8.83 Å². The molecule has 294 valence electrons. The van der Waals surface area contributed by atoms with E-state index >= 15 is 0 Å². The van der Waals surface area contributed by atoms with Crippen LogP contribution < -0.4 is 0 Å². The maximum atomic E-state index is 6.85. The first-order valence-corrected chi connectivity index (χ1v) is 21.1. The third-order valence-corrected chi connectivity index (χ3v) is 12.3. The SMILES string of the molecule is c1ccc(-c2nc(-c3ccc4c(c3)oc3ccccc34)nc(-c3cccc4c3oc3cc(-c5ccc6c(c5)c5cccc(-c7ccccc7)c5n6-c5ccccc5)ccc34)n2)cc1. The average molecular weight is 807 g/mol. The van der Waals surface area contributed by atoms with E-state index in [0.29, 0.717) is 17.5 Å². The fourth-order valence-corrected chi connectivity index (χ4v) is 9.31. The van der Waals surface area contributed by atoms with Crippen LogP contribution in [0.3, 0.4) is 0 Å². The number of hydrogen-bond acceptors (Lipinski definition) is 5. The Labute approximate surface area is 361 Å². The van der Waals surface area contributed by atoms with E-state index in [-0.39, 0.29) is 0 Å². The summed E-state index contributed by atoms with van der Waals surface area (Å²) in [6.07, 6.45) is 0. The second-order valence-corrected chi connectivity index (χ2v) is 15.9. The predicted molar refractivity (Wildman–Crippen MR) is 256 cm³/mol. The van der Waals surface area contributed by atoms with Gasteiger partial charge in [-0.1, -0.05) is 146 Å². The number of fused-ring (bicyclic) bond motifs is 9. The first-order chi connectivity index (χ1) is 31.2. The molecule has 0 aliphatic carbocycles. The van der Waals surface area contributed by atoms with E-state index in [4.69, 9.17) is 23.8 Å². The third-order valence-electron chi connectivity index (χ3n) is 12.3. The molecule has 0 aliphatic heterocycles. The molecular formula is C57H34N4O2. The van der Waals surface area contributed by atoms with Gasteiger partial charge in [0.1, 0.15) is 22.3 Å². The molecule has 0 aliphatic rings. The van der Waals surface area contributed by atoms with E-state index in [1.165, 1.54) is 27.4 Å². The molecule has 13 rings (SSSR count). The standard InChI is InChI=1S/C57H34N4O2/c1-4-14-35(15-5-1)41-21-12-22-45-48-32-37(28-31-49(48)61(53(41)45)40-18-8-3-9-19-40)38-26-29-44-46-23-13-24-47(54(46)63-52(44)33-38)57-59-55(36-16-6-2-7-17-36)58-56(60-57)39-27-30-43-42-20-10-11-25-50(42)62-51(43)34-39/h1-34H. The van der Waals surface area contributed by atoms with Crippen molar-refractivity contribution in [1.82, 2.24) is 19.5 Å². The Balaban J connectivity index is 0.953. The van der Waals surface area contributed by atoms with Gasteiger partial charge >= 0.3 is 0 Å². The zero-order valence-electron chi connectivity index (χ0n) is 33.7. The molecule has 9 aromatic carbocycles. The summed E-state index contributed by atoms with van der Waals surface area (Å²) in [4.78, 5) is 15.2. The number of furan rings is 2. The zero-order chi connectivity index (χ0) is 41.4. The molecule has 0 atom stereocenters. The Morgan fingerprint density at radius 2 is 0.873 bits per heavy atom. The van der Waals surface area contributed by atoms with Crippen molar-refractivity contribution in [3.8, 4) is 62.1 Å². The van der Waals surface area contributed by atoms with Crippen molar-refractivity contribution in [2.75, 3.05) is 0 Å². The van der Waals surface area contributed by atoms with E-state index in [9.17, 15) is 0 Å². The van der Waals surface area contributed by atoms with Gasteiger partial charge in [0, 0.05) is 54.7 Å². The van der Waals surface area contributed by atoms with Crippen molar-refractivity contribution in [2.24, 2.45) is 0 Å². The maximum Gasteiger partial charge on any atom is 0.167 e. The predicted octanol–water partition coefficient (Wildman–Crippen LogP) is 15.1. The van der Waals surface area contributed by atoms with Gasteiger partial charge in [0.15, 0.2) is 17.5 Å². The Morgan fingerprint density at radius 1 is 0.317 bits per heavy atom. The first kappa shape index (κ1) is 35.2. The van der Waals surface area contributed by atoms with Crippen LogP contribution in [0, 0.1) is 0 Å². The minimum absolute atomic E-state index is 0.531. The lowest BCUT2D eigenvalue weighted by Crippen LogP contribution is -2.00. The van der Waals surface area contributed by atoms with Gasteiger partial charge in [-0.2, -0.15) is 0 Å². The molecule has 0 amide bonds. The summed E-state index contributed by atoms with van der Waals surface area (Å²) < 4.78 is 15.5. The van der Waals surface area contributed by atoms with Crippen molar-refractivity contribution in [3.63, 3.8) is 0 Å². The number of hydrogen-bond donors (Lipinski definition) is 0. The number of aromatic nitrogens is 4. The van der Waals surface area contributed by atoms with Crippen LogP contribution in [-0.2, 0) is 0 Å². The molecular weight excluding hydrogens is 773 g/mol. The third kappa shape index (κ3) is 5.69. The van der Waals surface area contributed by atoms with E-state index in [1.807, 2.05) is 66.7 Å². The van der Waals surface area contributed by atoms with Crippen LogP contribution in [0.1, 0.15) is 0 Å². The highest BCUT2D eigenvalue weighted by Crippen LogP contribution is 2.42. The molecule has 0 bridgehead atoms. The van der Waals surface area contributed by atoms with Crippen LogP contribution in [0.25, 0.3) is 128 Å². The highest BCUT2D eigenvalue weighted by atomic mass is 16.3. The van der Waals surface area contributed by atoms with Crippen molar-refractivity contribution in [1.29, 1.82) is 0 Å². The van der Waals surface area contributed by atoms with Crippen molar-refractivity contribution >= 4 is 65.7 Å². The second-order valence-electron chi connectivity index (χ2n) is 15.9. The fourth-order valence-electron chi connectivity index (χ4n) is 9.31. The van der Waals surface area contributed by atoms with Crippen molar-refractivity contribution in [3.05, 3.63) is 206 Å². The van der Waals surface area contributed by atoms with Crippen LogP contribution in [-0.4, -0.2) is 19.5 Å². The van der Waals surface area contributed by atoms with Gasteiger partial charge in [-0.25, -0.2) is 15.0 Å².